The van der Waals surface area contributed by atoms with Gasteiger partial charge in [-0.15, -0.1) is 0 Å². The minimum absolute atomic E-state index is 0.0748. The Hall–Kier alpha value is -1.50. The van der Waals surface area contributed by atoms with Crippen molar-refractivity contribution in [1.29, 1.82) is 0 Å². The van der Waals surface area contributed by atoms with Crippen molar-refractivity contribution in [1.82, 2.24) is 0 Å². The first-order chi connectivity index (χ1) is 9.60. The number of hydrogen-bond acceptors (Lipinski definition) is 6. The highest BCUT2D eigenvalue weighted by Crippen LogP contribution is 2.36. The van der Waals surface area contributed by atoms with E-state index in [2.05, 4.69) is 0 Å². The first kappa shape index (κ1) is 16.6. The van der Waals surface area contributed by atoms with Crippen LogP contribution >= 0.6 is 0 Å². The number of aliphatic hydroxyl groups excluding tert-OH is 2. The molecule has 1 aromatic rings. The number of phenolic OH excluding ortho intramolecular Hbond substituents is 2. The molecule has 1 heterocycles. The Morgan fingerprint density at radius 3 is 2.60 bits per heavy atom. The standard InChI is InChI=1S/C12H16O6.C2H6/c13-6-8-4-7(14)5-11(17-8)18-10-3-1-2-9(15)12(10)16;1-2/h1-3,7-8,11,13-16H,4-6H2;1-2H3/t7-,8-,11-;/m0./s1. The molecule has 1 aliphatic heterocycles. The van der Waals surface area contributed by atoms with Crippen molar-refractivity contribution in [2.45, 2.75) is 45.2 Å². The Labute approximate surface area is 118 Å². The number of aliphatic hydroxyl groups is 2. The summed E-state index contributed by atoms with van der Waals surface area (Å²) >= 11 is 0. The van der Waals surface area contributed by atoms with E-state index in [1.54, 1.807) is 0 Å². The summed E-state index contributed by atoms with van der Waals surface area (Å²) in [6.45, 7) is 3.79. The van der Waals surface area contributed by atoms with Crippen molar-refractivity contribution in [3.05, 3.63) is 18.2 Å². The van der Waals surface area contributed by atoms with Crippen molar-refractivity contribution in [2.75, 3.05) is 6.61 Å². The lowest BCUT2D eigenvalue weighted by atomic mass is 10.1. The third-order valence-electron chi connectivity index (χ3n) is 2.78. The van der Waals surface area contributed by atoms with E-state index in [4.69, 9.17) is 14.6 Å². The van der Waals surface area contributed by atoms with Crippen molar-refractivity contribution >= 4 is 0 Å². The number of phenols is 2. The van der Waals surface area contributed by atoms with E-state index in [0.717, 1.165) is 0 Å². The molecule has 6 heteroatoms. The van der Waals surface area contributed by atoms with Gasteiger partial charge in [0.25, 0.3) is 0 Å². The second-order valence-corrected chi connectivity index (χ2v) is 4.24. The summed E-state index contributed by atoms with van der Waals surface area (Å²) in [4.78, 5) is 0. The molecule has 0 unspecified atom stereocenters. The van der Waals surface area contributed by atoms with Crippen LogP contribution in [0.2, 0.25) is 0 Å². The van der Waals surface area contributed by atoms with E-state index in [0.29, 0.717) is 6.42 Å². The van der Waals surface area contributed by atoms with E-state index < -0.39 is 18.5 Å². The van der Waals surface area contributed by atoms with E-state index in [1.165, 1.54) is 18.2 Å². The highest BCUT2D eigenvalue weighted by molar-refractivity contribution is 5.48. The molecular weight excluding hydrogens is 264 g/mol. The van der Waals surface area contributed by atoms with Crippen LogP contribution in [0.4, 0.5) is 0 Å². The summed E-state index contributed by atoms with van der Waals surface area (Å²) in [7, 11) is 0. The summed E-state index contributed by atoms with van der Waals surface area (Å²) in [5, 5.41) is 37.5. The lowest BCUT2D eigenvalue weighted by Crippen LogP contribution is -2.40. The highest BCUT2D eigenvalue weighted by atomic mass is 16.7. The van der Waals surface area contributed by atoms with Crippen LogP contribution in [0.15, 0.2) is 18.2 Å². The molecule has 114 valence electrons. The molecule has 0 aliphatic carbocycles. The lowest BCUT2D eigenvalue weighted by Gasteiger charge is -2.32. The summed E-state index contributed by atoms with van der Waals surface area (Å²) in [5.74, 6) is -0.588. The first-order valence-corrected chi connectivity index (χ1v) is 6.72. The molecule has 1 aliphatic rings. The van der Waals surface area contributed by atoms with Gasteiger partial charge in [0.15, 0.2) is 11.5 Å². The molecule has 0 radical (unpaired) electrons. The molecule has 0 spiro atoms. The number of para-hydroxylation sites is 1. The normalized spacial score (nSPS) is 25.5. The van der Waals surface area contributed by atoms with Gasteiger partial charge in [-0.05, 0) is 12.1 Å². The zero-order valence-corrected chi connectivity index (χ0v) is 11.7. The average molecular weight is 286 g/mol. The van der Waals surface area contributed by atoms with Gasteiger partial charge in [0.05, 0.1) is 18.8 Å². The molecule has 0 amide bonds. The Morgan fingerprint density at radius 2 is 1.95 bits per heavy atom. The molecule has 3 atom stereocenters. The van der Waals surface area contributed by atoms with Crippen molar-refractivity contribution in [3.8, 4) is 17.2 Å². The van der Waals surface area contributed by atoms with Gasteiger partial charge in [0, 0.05) is 12.8 Å². The monoisotopic (exact) mass is 286 g/mol. The summed E-state index contributed by atoms with van der Waals surface area (Å²) < 4.78 is 10.7. The van der Waals surface area contributed by atoms with E-state index in [1.807, 2.05) is 13.8 Å². The maximum Gasteiger partial charge on any atom is 0.202 e. The number of hydrogen-bond donors (Lipinski definition) is 4. The number of benzene rings is 1. The van der Waals surface area contributed by atoms with Crippen LogP contribution < -0.4 is 4.74 Å². The molecule has 2 rings (SSSR count). The van der Waals surface area contributed by atoms with Crippen LogP contribution in [-0.4, -0.2) is 45.5 Å². The molecule has 0 bridgehead atoms. The van der Waals surface area contributed by atoms with Crippen LogP contribution in [0.1, 0.15) is 26.7 Å². The van der Waals surface area contributed by atoms with Crippen LogP contribution in [-0.2, 0) is 4.74 Å². The van der Waals surface area contributed by atoms with E-state index in [9.17, 15) is 15.3 Å². The fourth-order valence-electron chi connectivity index (χ4n) is 1.89. The molecule has 0 aromatic heterocycles. The predicted octanol–water partition coefficient (Wildman–Crippen LogP) is 1.36. The summed E-state index contributed by atoms with van der Waals surface area (Å²) in [6, 6.07) is 4.33. The van der Waals surface area contributed by atoms with E-state index >= 15 is 0 Å². The Bertz CT molecular complexity index is 409. The maximum atomic E-state index is 9.60. The van der Waals surface area contributed by atoms with Crippen LogP contribution in [0, 0.1) is 0 Å². The number of aromatic hydroxyl groups is 2. The average Bonchev–Trinajstić information content (AvgIpc) is 2.45. The minimum atomic E-state index is -0.765. The fourth-order valence-corrected chi connectivity index (χ4v) is 1.89. The van der Waals surface area contributed by atoms with Crippen molar-refractivity contribution in [2.24, 2.45) is 0 Å². The molecule has 1 saturated heterocycles. The van der Waals surface area contributed by atoms with Gasteiger partial charge in [-0.1, -0.05) is 19.9 Å². The molecule has 0 saturated carbocycles. The molecule has 20 heavy (non-hydrogen) atoms. The third-order valence-corrected chi connectivity index (χ3v) is 2.78. The van der Waals surface area contributed by atoms with Gasteiger partial charge in [0.2, 0.25) is 12.0 Å². The van der Waals surface area contributed by atoms with Gasteiger partial charge in [-0.3, -0.25) is 0 Å². The molecule has 4 N–H and O–H groups in total. The predicted molar refractivity (Wildman–Crippen MR) is 72.7 cm³/mol. The van der Waals surface area contributed by atoms with Crippen LogP contribution in [0.5, 0.6) is 17.2 Å². The zero-order chi connectivity index (χ0) is 15.1. The van der Waals surface area contributed by atoms with E-state index in [-0.39, 0.29) is 30.3 Å². The fraction of sp³-hybridized carbons (Fsp3) is 0.571. The van der Waals surface area contributed by atoms with Gasteiger partial charge in [-0.25, -0.2) is 0 Å². The number of rotatable bonds is 3. The molecular formula is C14H22O6. The maximum absolute atomic E-state index is 9.60. The SMILES string of the molecule is CC.OC[C@@H]1C[C@H](O)C[C@H](Oc2cccc(O)c2O)O1. The lowest BCUT2D eigenvalue weighted by molar-refractivity contribution is -0.185. The topological polar surface area (TPSA) is 99.4 Å². The van der Waals surface area contributed by atoms with Crippen LogP contribution in [0.25, 0.3) is 0 Å². The molecule has 1 fully saturated rings. The molecule has 1 aromatic carbocycles. The van der Waals surface area contributed by atoms with Gasteiger partial charge >= 0.3 is 0 Å². The quantitative estimate of drug-likeness (QED) is 0.626. The second kappa shape index (κ2) is 7.94. The highest BCUT2D eigenvalue weighted by Gasteiger charge is 2.29. The summed E-state index contributed by atoms with van der Waals surface area (Å²) in [5.41, 5.74) is 0. The third kappa shape index (κ3) is 4.26. The van der Waals surface area contributed by atoms with Crippen molar-refractivity contribution < 1.29 is 29.9 Å². The largest absolute Gasteiger partial charge is 0.504 e. The smallest absolute Gasteiger partial charge is 0.202 e. The van der Waals surface area contributed by atoms with Gasteiger partial charge in [-0.2, -0.15) is 0 Å². The molecule has 6 nitrogen and oxygen atoms in total. The van der Waals surface area contributed by atoms with Crippen LogP contribution in [0.3, 0.4) is 0 Å². The number of ether oxygens (including phenoxy) is 2. The Morgan fingerprint density at radius 1 is 1.25 bits per heavy atom. The second-order valence-electron chi connectivity index (χ2n) is 4.24. The Balaban J connectivity index is 0.000000956. The van der Waals surface area contributed by atoms with Gasteiger partial charge < -0.3 is 29.9 Å². The Kier molecular flexibility index (Phi) is 6.57. The van der Waals surface area contributed by atoms with Gasteiger partial charge in [0.1, 0.15) is 0 Å². The first-order valence-electron chi connectivity index (χ1n) is 6.72. The summed E-state index contributed by atoms with van der Waals surface area (Å²) in [6.07, 6.45) is -1.29. The van der Waals surface area contributed by atoms with Crippen molar-refractivity contribution in [3.63, 3.8) is 0 Å². The zero-order valence-electron chi connectivity index (χ0n) is 11.7. The minimum Gasteiger partial charge on any atom is -0.504 e.